The lowest BCUT2D eigenvalue weighted by Crippen LogP contribution is -2.38. The third-order valence-corrected chi connectivity index (χ3v) is 6.58. The molecule has 0 bridgehead atoms. The summed E-state index contributed by atoms with van der Waals surface area (Å²) in [4.78, 5) is 48.1. The average Bonchev–Trinajstić information content (AvgIpc) is 3.44. The zero-order valence-electron chi connectivity index (χ0n) is 18.9. The third-order valence-electron chi connectivity index (χ3n) is 5.23. The molecule has 1 aromatic heterocycles. The zero-order valence-corrected chi connectivity index (χ0v) is 20.5. The van der Waals surface area contributed by atoms with Crippen molar-refractivity contribution in [3.8, 4) is 5.75 Å². The summed E-state index contributed by atoms with van der Waals surface area (Å²) in [5, 5.41) is 18.4. The fraction of sp³-hybridized carbons (Fsp3) is 0.364. The van der Waals surface area contributed by atoms with Gasteiger partial charge in [-0.25, -0.2) is 9.59 Å². The van der Waals surface area contributed by atoms with E-state index in [0.717, 1.165) is 0 Å². The number of carbonyl (C=O) groups excluding carboxylic acids is 3. The molecular weight excluding hydrogens is 498 g/mol. The number of nitro groups is 1. The van der Waals surface area contributed by atoms with E-state index in [1.165, 1.54) is 35.6 Å². The number of carbonyl (C=O) groups is 3. The molecule has 2 heterocycles. The first-order chi connectivity index (χ1) is 16.7. The minimum atomic E-state index is -1.17. The van der Waals surface area contributed by atoms with Gasteiger partial charge >= 0.3 is 12.1 Å². The summed E-state index contributed by atoms with van der Waals surface area (Å²) in [5.41, 5.74) is 0.754. The van der Waals surface area contributed by atoms with Crippen molar-refractivity contribution in [3.05, 3.63) is 50.9 Å². The van der Waals surface area contributed by atoms with Crippen LogP contribution < -0.4 is 15.4 Å². The molecule has 35 heavy (non-hydrogen) atoms. The molecule has 2 aromatic rings. The molecule has 2 N–H and O–H groups in total. The fourth-order valence-corrected chi connectivity index (χ4v) is 4.86. The number of anilines is 1. The van der Waals surface area contributed by atoms with Gasteiger partial charge in [-0.3, -0.25) is 14.9 Å². The fourth-order valence-electron chi connectivity index (χ4n) is 3.56. The summed E-state index contributed by atoms with van der Waals surface area (Å²) in [5.74, 6) is -2.30. The molecule has 1 amide bonds. The van der Waals surface area contributed by atoms with E-state index in [4.69, 9.17) is 26.4 Å². The number of thiocarbonyl (C=S) groups is 1. The van der Waals surface area contributed by atoms with Crippen molar-refractivity contribution >= 4 is 57.3 Å². The quantitative estimate of drug-likeness (QED) is 0.173. The summed E-state index contributed by atoms with van der Waals surface area (Å²) >= 11 is 6.47. The monoisotopic (exact) mass is 521 g/mol. The number of amides is 1. The normalized spacial score (nSPS) is 15.7. The molecule has 3 rings (SSSR count). The maximum Gasteiger partial charge on any atom is 0.519 e. The number of non-ortho nitro benzene ring substituents is 1. The standard InChI is InChI=1S/C22H23N3O8S2/c1-3-31-20(27)16-12(2)11-35-19(16)24-18(26)17(13-8-9-23-10-13)21(34)33-22(28)32-15-6-4-14(5-7-15)25(29)30/h4-7,11,13,17,23H,3,8-10H2,1-2H3,(H,24,26)/t13-,17+/m1/s1. The largest absolute Gasteiger partial charge is 0.519 e. The van der Waals surface area contributed by atoms with Crippen LogP contribution >= 0.6 is 23.6 Å². The lowest BCUT2D eigenvalue weighted by Gasteiger charge is -2.22. The van der Waals surface area contributed by atoms with Gasteiger partial charge in [-0.15, -0.1) is 11.3 Å². The van der Waals surface area contributed by atoms with E-state index >= 15 is 0 Å². The van der Waals surface area contributed by atoms with E-state index in [0.29, 0.717) is 30.1 Å². The molecule has 1 fully saturated rings. The number of benzene rings is 1. The van der Waals surface area contributed by atoms with Gasteiger partial charge in [0.2, 0.25) is 5.91 Å². The summed E-state index contributed by atoms with van der Waals surface area (Å²) in [7, 11) is 0. The number of hydrogen-bond acceptors (Lipinski definition) is 11. The maximum absolute atomic E-state index is 13.3. The summed E-state index contributed by atoms with van der Waals surface area (Å²) < 4.78 is 15.3. The Labute approximate surface area is 209 Å². The molecule has 0 radical (unpaired) electrons. The summed E-state index contributed by atoms with van der Waals surface area (Å²) in [6, 6.07) is 4.82. The molecule has 1 aliphatic heterocycles. The highest BCUT2D eigenvalue weighted by molar-refractivity contribution is 7.80. The molecule has 1 saturated heterocycles. The number of esters is 1. The zero-order chi connectivity index (χ0) is 25.5. The van der Waals surface area contributed by atoms with Gasteiger partial charge in [0.15, 0.2) is 5.05 Å². The first-order valence-corrected chi connectivity index (χ1v) is 11.9. The number of rotatable bonds is 8. The predicted molar refractivity (Wildman–Crippen MR) is 131 cm³/mol. The molecule has 2 atom stereocenters. The minimum absolute atomic E-state index is 0.0140. The Bertz CT molecular complexity index is 1130. The molecule has 11 nitrogen and oxygen atoms in total. The maximum atomic E-state index is 13.3. The van der Waals surface area contributed by atoms with Crippen LogP contribution in [0.2, 0.25) is 0 Å². The topological polar surface area (TPSA) is 146 Å². The van der Waals surface area contributed by atoms with E-state index in [2.05, 4.69) is 10.6 Å². The van der Waals surface area contributed by atoms with Gasteiger partial charge in [0.1, 0.15) is 16.7 Å². The van der Waals surface area contributed by atoms with Gasteiger partial charge in [0.25, 0.3) is 5.69 Å². The Morgan fingerprint density at radius 3 is 2.63 bits per heavy atom. The van der Waals surface area contributed by atoms with Gasteiger partial charge < -0.3 is 24.8 Å². The van der Waals surface area contributed by atoms with Crippen LogP contribution in [-0.4, -0.2) is 47.7 Å². The van der Waals surface area contributed by atoms with E-state index in [-0.39, 0.29) is 34.6 Å². The Balaban J connectivity index is 1.72. The summed E-state index contributed by atoms with van der Waals surface area (Å²) in [6.07, 6.45) is -0.556. The van der Waals surface area contributed by atoms with Crippen LogP contribution in [0, 0.1) is 28.9 Å². The SMILES string of the molecule is CCOC(=O)c1c(C)csc1NC(=O)[C@@H](C(=S)OC(=O)Oc1ccc([N+](=O)[O-])cc1)[C@@H]1CCNC1. The number of nitrogens with zero attached hydrogens (tertiary/aromatic N) is 1. The number of nitrogens with one attached hydrogen (secondary N) is 2. The molecule has 13 heteroatoms. The van der Waals surface area contributed by atoms with Crippen molar-refractivity contribution in [1.29, 1.82) is 0 Å². The van der Waals surface area contributed by atoms with Crippen molar-refractivity contribution in [3.63, 3.8) is 0 Å². The van der Waals surface area contributed by atoms with E-state index in [9.17, 15) is 24.5 Å². The molecule has 0 saturated carbocycles. The van der Waals surface area contributed by atoms with Gasteiger partial charge in [-0.05, 0) is 74.6 Å². The van der Waals surface area contributed by atoms with Gasteiger partial charge in [-0.2, -0.15) is 0 Å². The van der Waals surface area contributed by atoms with Crippen LogP contribution in [-0.2, 0) is 14.3 Å². The number of ether oxygens (including phenoxy) is 3. The highest BCUT2D eigenvalue weighted by Crippen LogP contribution is 2.31. The smallest absolute Gasteiger partial charge is 0.462 e. The molecule has 0 unspecified atom stereocenters. The lowest BCUT2D eigenvalue weighted by molar-refractivity contribution is -0.384. The number of nitro benzene ring substituents is 1. The van der Waals surface area contributed by atoms with E-state index in [1.54, 1.807) is 19.2 Å². The minimum Gasteiger partial charge on any atom is -0.462 e. The van der Waals surface area contributed by atoms with Gasteiger partial charge in [0.05, 0.1) is 17.1 Å². The Kier molecular flexibility index (Phi) is 8.84. The molecule has 1 aliphatic rings. The number of hydrogen-bond donors (Lipinski definition) is 2. The number of thiophene rings is 1. The van der Waals surface area contributed by atoms with Crippen molar-refractivity contribution in [2.45, 2.75) is 20.3 Å². The molecule has 0 spiro atoms. The highest BCUT2D eigenvalue weighted by Gasteiger charge is 2.37. The van der Waals surface area contributed by atoms with Gasteiger partial charge in [0, 0.05) is 12.1 Å². The van der Waals surface area contributed by atoms with Crippen molar-refractivity contribution in [2.75, 3.05) is 25.0 Å². The molecule has 0 aliphatic carbocycles. The molecule has 186 valence electrons. The second kappa shape index (κ2) is 11.8. The highest BCUT2D eigenvalue weighted by atomic mass is 32.1. The lowest BCUT2D eigenvalue weighted by atomic mass is 9.91. The van der Waals surface area contributed by atoms with E-state index < -0.39 is 28.9 Å². The summed E-state index contributed by atoms with van der Waals surface area (Å²) in [6.45, 7) is 4.75. The second-order valence-corrected chi connectivity index (χ2v) is 8.87. The van der Waals surface area contributed by atoms with Crippen molar-refractivity contribution in [2.24, 2.45) is 11.8 Å². The predicted octanol–water partition coefficient (Wildman–Crippen LogP) is 3.85. The van der Waals surface area contributed by atoms with Crippen LogP contribution in [0.5, 0.6) is 5.75 Å². The van der Waals surface area contributed by atoms with Crippen LogP contribution in [0.15, 0.2) is 29.6 Å². The third kappa shape index (κ3) is 6.59. The second-order valence-electron chi connectivity index (χ2n) is 7.59. The van der Waals surface area contributed by atoms with E-state index in [1.807, 2.05) is 0 Å². The van der Waals surface area contributed by atoms with Crippen molar-refractivity contribution < 1.29 is 33.5 Å². The average molecular weight is 522 g/mol. The Morgan fingerprint density at radius 1 is 1.31 bits per heavy atom. The first kappa shape index (κ1) is 26.2. The molecule has 1 aromatic carbocycles. The molecular formula is C22H23N3O8S2. The van der Waals surface area contributed by atoms with Crippen molar-refractivity contribution in [1.82, 2.24) is 5.32 Å². The first-order valence-electron chi connectivity index (χ1n) is 10.7. The van der Waals surface area contributed by atoms with Gasteiger partial charge in [-0.1, -0.05) is 0 Å². The Morgan fingerprint density at radius 2 is 2.03 bits per heavy atom. The van der Waals surface area contributed by atoms with Crippen LogP contribution in [0.4, 0.5) is 15.5 Å². The van der Waals surface area contributed by atoms with Crippen LogP contribution in [0.3, 0.4) is 0 Å². The van der Waals surface area contributed by atoms with Crippen LogP contribution in [0.25, 0.3) is 0 Å². The van der Waals surface area contributed by atoms with Crippen LogP contribution in [0.1, 0.15) is 29.3 Å². The number of aryl methyl sites for hydroxylation is 1. The Hall–Kier alpha value is -3.42.